The van der Waals surface area contributed by atoms with Crippen LogP contribution in [0.5, 0.6) is 0 Å². The third-order valence-corrected chi connectivity index (χ3v) is 6.26. The van der Waals surface area contributed by atoms with Gasteiger partial charge in [0.25, 0.3) is 0 Å². The standard InChI is InChI=1S/C24H28Cl2N2O2/c1-17(24(30)27-21-10-6-3-7-11-21)28(16-19-12-13-20(25)15-22(19)26)23(29)14-18-8-4-2-5-9-18/h2,4-5,8-9,12-13,15,17,21H,3,6-7,10-11,14,16H2,1H3,(H,27,30)/t17-/m1/s1. The number of hydrogen-bond acceptors (Lipinski definition) is 2. The molecule has 2 amide bonds. The molecule has 4 nitrogen and oxygen atoms in total. The number of benzene rings is 2. The average molecular weight is 447 g/mol. The van der Waals surface area contributed by atoms with E-state index in [1.54, 1.807) is 30.0 Å². The third-order valence-electron chi connectivity index (χ3n) is 5.67. The smallest absolute Gasteiger partial charge is 0.242 e. The van der Waals surface area contributed by atoms with Crippen LogP contribution in [0.2, 0.25) is 10.0 Å². The van der Waals surface area contributed by atoms with E-state index in [9.17, 15) is 9.59 Å². The molecule has 6 heteroatoms. The van der Waals surface area contributed by atoms with Gasteiger partial charge in [-0.3, -0.25) is 9.59 Å². The first-order valence-electron chi connectivity index (χ1n) is 10.5. The highest BCUT2D eigenvalue weighted by Crippen LogP contribution is 2.24. The van der Waals surface area contributed by atoms with Gasteiger partial charge in [0.15, 0.2) is 0 Å². The summed E-state index contributed by atoms with van der Waals surface area (Å²) in [5.41, 5.74) is 1.68. The number of nitrogens with one attached hydrogen (secondary N) is 1. The molecule has 2 aromatic rings. The second-order valence-corrected chi connectivity index (χ2v) is 8.78. The predicted molar refractivity (Wildman–Crippen MR) is 122 cm³/mol. The predicted octanol–water partition coefficient (Wildman–Crippen LogP) is 5.40. The third kappa shape index (κ3) is 6.23. The maximum Gasteiger partial charge on any atom is 0.242 e. The second kappa shape index (κ2) is 10.8. The molecule has 1 fully saturated rings. The van der Waals surface area contributed by atoms with E-state index in [0.717, 1.165) is 36.8 Å². The fourth-order valence-corrected chi connectivity index (χ4v) is 4.33. The summed E-state index contributed by atoms with van der Waals surface area (Å²) in [6, 6.07) is 14.4. The fraction of sp³-hybridized carbons (Fsp3) is 0.417. The molecule has 2 aromatic carbocycles. The highest BCUT2D eigenvalue weighted by atomic mass is 35.5. The van der Waals surface area contributed by atoms with E-state index in [1.807, 2.05) is 30.3 Å². The molecule has 3 rings (SSSR count). The lowest BCUT2D eigenvalue weighted by Crippen LogP contribution is -2.50. The minimum atomic E-state index is -0.602. The van der Waals surface area contributed by atoms with Crippen LogP contribution in [0.25, 0.3) is 0 Å². The second-order valence-electron chi connectivity index (χ2n) is 7.94. The lowest BCUT2D eigenvalue weighted by molar-refractivity contribution is -0.140. The Labute approximate surface area is 188 Å². The van der Waals surface area contributed by atoms with Crippen molar-refractivity contribution in [2.75, 3.05) is 0 Å². The van der Waals surface area contributed by atoms with Gasteiger partial charge in [-0.2, -0.15) is 0 Å². The van der Waals surface area contributed by atoms with E-state index in [-0.39, 0.29) is 30.8 Å². The van der Waals surface area contributed by atoms with Crippen molar-refractivity contribution in [3.63, 3.8) is 0 Å². The van der Waals surface area contributed by atoms with Gasteiger partial charge in [0.05, 0.1) is 6.42 Å². The molecule has 1 aliphatic rings. The van der Waals surface area contributed by atoms with Gasteiger partial charge in [-0.15, -0.1) is 0 Å². The Kier molecular flexibility index (Phi) is 8.17. The summed E-state index contributed by atoms with van der Waals surface area (Å²) >= 11 is 12.4. The zero-order valence-electron chi connectivity index (χ0n) is 17.2. The van der Waals surface area contributed by atoms with Gasteiger partial charge in [-0.05, 0) is 43.0 Å². The van der Waals surface area contributed by atoms with E-state index in [4.69, 9.17) is 23.2 Å². The molecule has 1 N–H and O–H groups in total. The van der Waals surface area contributed by atoms with Gasteiger partial charge in [0, 0.05) is 22.6 Å². The van der Waals surface area contributed by atoms with Crippen molar-refractivity contribution in [1.29, 1.82) is 0 Å². The molecular formula is C24H28Cl2N2O2. The van der Waals surface area contributed by atoms with Crippen molar-refractivity contribution in [2.24, 2.45) is 0 Å². The molecule has 160 valence electrons. The van der Waals surface area contributed by atoms with Crippen LogP contribution in [0.4, 0.5) is 0 Å². The van der Waals surface area contributed by atoms with Crippen molar-refractivity contribution in [3.8, 4) is 0 Å². The fourth-order valence-electron chi connectivity index (χ4n) is 3.86. The van der Waals surface area contributed by atoms with Crippen molar-refractivity contribution in [2.45, 2.75) is 64.1 Å². The summed E-state index contributed by atoms with van der Waals surface area (Å²) < 4.78 is 0. The summed E-state index contributed by atoms with van der Waals surface area (Å²) in [4.78, 5) is 27.8. The Morgan fingerprint density at radius 3 is 2.43 bits per heavy atom. The molecule has 0 radical (unpaired) electrons. The van der Waals surface area contributed by atoms with Crippen LogP contribution in [-0.4, -0.2) is 28.8 Å². The van der Waals surface area contributed by atoms with E-state index >= 15 is 0 Å². The van der Waals surface area contributed by atoms with Gasteiger partial charge in [-0.25, -0.2) is 0 Å². The number of rotatable bonds is 7. The van der Waals surface area contributed by atoms with Gasteiger partial charge in [0.1, 0.15) is 6.04 Å². The van der Waals surface area contributed by atoms with Crippen LogP contribution in [-0.2, 0) is 22.6 Å². The van der Waals surface area contributed by atoms with Crippen LogP contribution in [0.15, 0.2) is 48.5 Å². The van der Waals surface area contributed by atoms with Gasteiger partial charge < -0.3 is 10.2 Å². The lowest BCUT2D eigenvalue weighted by atomic mass is 9.95. The summed E-state index contributed by atoms with van der Waals surface area (Å²) in [7, 11) is 0. The Bertz CT molecular complexity index is 867. The highest BCUT2D eigenvalue weighted by molar-refractivity contribution is 6.35. The summed E-state index contributed by atoms with van der Waals surface area (Å²) in [6.07, 6.45) is 5.72. The molecular weight excluding hydrogens is 419 g/mol. The molecule has 0 unspecified atom stereocenters. The van der Waals surface area contributed by atoms with Gasteiger partial charge in [-0.1, -0.05) is 78.9 Å². The minimum absolute atomic E-state index is 0.112. The van der Waals surface area contributed by atoms with Crippen LogP contribution < -0.4 is 5.32 Å². The Balaban J connectivity index is 1.77. The zero-order chi connectivity index (χ0) is 21.5. The normalized spacial score (nSPS) is 15.4. The number of amides is 2. The number of carbonyl (C=O) groups is 2. The largest absolute Gasteiger partial charge is 0.352 e. The molecule has 0 heterocycles. The molecule has 1 saturated carbocycles. The Morgan fingerprint density at radius 2 is 1.77 bits per heavy atom. The monoisotopic (exact) mass is 446 g/mol. The molecule has 0 aromatic heterocycles. The molecule has 1 atom stereocenters. The summed E-state index contributed by atoms with van der Waals surface area (Å²) in [6.45, 7) is 2.03. The first-order chi connectivity index (χ1) is 14.4. The maximum absolute atomic E-state index is 13.2. The van der Waals surface area contributed by atoms with Crippen LogP contribution in [0.1, 0.15) is 50.2 Å². The molecule has 1 aliphatic carbocycles. The topological polar surface area (TPSA) is 49.4 Å². The van der Waals surface area contributed by atoms with Crippen molar-refractivity contribution < 1.29 is 9.59 Å². The number of halogens is 2. The maximum atomic E-state index is 13.2. The van der Waals surface area contributed by atoms with Crippen molar-refractivity contribution in [1.82, 2.24) is 10.2 Å². The Hall–Kier alpha value is -2.04. The van der Waals surface area contributed by atoms with E-state index in [2.05, 4.69) is 5.32 Å². The minimum Gasteiger partial charge on any atom is -0.352 e. The summed E-state index contributed by atoms with van der Waals surface area (Å²) in [5, 5.41) is 4.16. The quantitative estimate of drug-likeness (QED) is 0.618. The molecule has 0 bridgehead atoms. The lowest BCUT2D eigenvalue weighted by Gasteiger charge is -2.31. The van der Waals surface area contributed by atoms with E-state index in [0.29, 0.717) is 10.0 Å². The molecule has 0 spiro atoms. The molecule has 0 aliphatic heterocycles. The Morgan fingerprint density at radius 1 is 1.07 bits per heavy atom. The SMILES string of the molecule is C[C@H](C(=O)NC1CCCCC1)N(Cc1ccc(Cl)cc1Cl)C(=O)Cc1ccccc1. The summed E-state index contributed by atoms with van der Waals surface area (Å²) in [5.74, 6) is -0.230. The number of carbonyl (C=O) groups excluding carboxylic acids is 2. The van der Waals surface area contributed by atoms with Crippen LogP contribution in [0.3, 0.4) is 0 Å². The number of nitrogens with zero attached hydrogens (tertiary/aromatic N) is 1. The molecule has 0 saturated heterocycles. The zero-order valence-corrected chi connectivity index (χ0v) is 18.8. The molecule has 30 heavy (non-hydrogen) atoms. The van der Waals surface area contributed by atoms with Crippen LogP contribution in [0, 0.1) is 0 Å². The van der Waals surface area contributed by atoms with Crippen molar-refractivity contribution >= 4 is 35.0 Å². The van der Waals surface area contributed by atoms with E-state index < -0.39 is 6.04 Å². The highest BCUT2D eigenvalue weighted by Gasteiger charge is 2.28. The van der Waals surface area contributed by atoms with Gasteiger partial charge >= 0.3 is 0 Å². The van der Waals surface area contributed by atoms with Crippen molar-refractivity contribution in [3.05, 3.63) is 69.7 Å². The average Bonchev–Trinajstić information content (AvgIpc) is 2.74. The first kappa shape index (κ1) is 22.6. The first-order valence-corrected chi connectivity index (χ1v) is 11.3. The number of hydrogen-bond donors (Lipinski definition) is 1. The van der Waals surface area contributed by atoms with Gasteiger partial charge in [0.2, 0.25) is 11.8 Å². The van der Waals surface area contributed by atoms with Crippen LogP contribution >= 0.6 is 23.2 Å². The van der Waals surface area contributed by atoms with E-state index in [1.165, 1.54) is 6.42 Å².